The van der Waals surface area contributed by atoms with Gasteiger partial charge in [0.05, 0.1) is 5.92 Å². The van der Waals surface area contributed by atoms with E-state index in [0.29, 0.717) is 24.5 Å². The van der Waals surface area contributed by atoms with Crippen molar-refractivity contribution in [1.29, 1.82) is 0 Å². The number of alkyl halides is 3. The summed E-state index contributed by atoms with van der Waals surface area (Å²) in [5, 5.41) is 8.05. The van der Waals surface area contributed by atoms with Crippen LogP contribution in [0.4, 0.5) is 13.2 Å². The normalized spacial score (nSPS) is 25.8. The minimum atomic E-state index is -4.14. The molecule has 0 radical (unpaired) electrons. The van der Waals surface area contributed by atoms with E-state index >= 15 is 0 Å². The van der Waals surface area contributed by atoms with Crippen molar-refractivity contribution < 1.29 is 13.2 Å². The summed E-state index contributed by atoms with van der Waals surface area (Å²) in [6, 6.07) is 0. The van der Waals surface area contributed by atoms with E-state index in [-0.39, 0.29) is 18.5 Å². The fourth-order valence-electron chi connectivity index (χ4n) is 2.90. The Kier molecular flexibility index (Phi) is 2.85. The number of aromatic nitrogens is 3. The molecule has 2 heterocycles. The Morgan fingerprint density at radius 1 is 1.32 bits per heavy atom. The molecule has 1 atom stereocenters. The van der Waals surface area contributed by atoms with Crippen molar-refractivity contribution in [2.45, 2.75) is 56.8 Å². The molecule has 19 heavy (non-hydrogen) atoms. The lowest BCUT2D eigenvalue weighted by atomic mass is 9.75. The van der Waals surface area contributed by atoms with E-state index in [0.717, 1.165) is 19.3 Å². The van der Waals surface area contributed by atoms with Crippen molar-refractivity contribution in [3.63, 3.8) is 0 Å². The molecule has 1 aromatic heterocycles. The third-order valence-corrected chi connectivity index (χ3v) is 4.35. The number of nitrogens with zero attached hydrogens (tertiary/aromatic N) is 3. The summed E-state index contributed by atoms with van der Waals surface area (Å²) in [5.74, 6) is -0.00515. The van der Waals surface area contributed by atoms with Crippen LogP contribution in [0.5, 0.6) is 0 Å². The Balaban J connectivity index is 1.80. The highest BCUT2D eigenvalue weighted by molar-refractivity contribution is 5.07. The molecule has 0 saturated heterocycles. The van der Waals surface area contributed by atoms with Gasteiger partial charge in [-0.1, -0.05) is 0 Å². The first kappa shape index (κ1) is 12.9. The Morgan fingerprint density at radius 3 is 2.63 bits per heavy atom. The van der Waals surface area contributed by atoms with Crippen molar-refractivity contribution in [2.24, 2.45) is 11.7 Å². The van der Waals surface area contributed by atoms with Crippen molar-refractivity contribution in [3.05, 3.63) is 11.6 Å². The van der Waals surface area contributed by atoms with Gasteiger partial charge in [-0.05, 0) is 25.7 Å². The lowest BCUT2D eigenvalue weighted by molar-refractivity contribution is -0.182. The van der Waals surface area contributed by atoms with Gasteiger partial charge in [-0.25, -0.2) is 0 Å². The predicted molar refractivity (Wildman–Crippen MR) is 62.4 cm³/mol. The summed E-state index contributed by atoms with van der Waals surface area (Å²) in [6.45, 7) is -0.0583. The van der Waals surface area contributed by atoms with Gasteiger partial charge < -0.3 is 10.3 Å². The highest BCUT2D eigenvalue weighted by Crippen LogP contribution is 2.36. The number of halogens is 3. The average Bonchev–Trinajstić information content (AvgIpc) is 2.68. The second-order valence-corrected chi connectivity index (χ2v) is 5.81. The molecule has 2 aliphatic rings. The molecule has 106 valence electrons. The van der Waals surface area contributed by atoms with E-state index in [2.05, 4.69) is 10.2 Å². The van der Waals surface area contributed by atoms with Crippen LogP contribution in [-0.2, 0) is 19.4 Å². The second-order valence-electron chi connectivity index (χ2n) is 5.81. The molecule has 0 spiro atoms. The van der Waals surface area contributed by atoms with Gasteiger partial charge in [0, 0.05) is 24.9 Å². The molecular formula is C12H17F3N4. The van der Waals surface area contributed by atoms with Crippen LogP contribution in [0.3, 0.4) is 0 Å². The zero-order valence-corrected chi connectivity index (χ0v) is 10.6. The molecule has 1 aliphatic heterocycles. The van der Waals surface area contributed by atoms with Crippen LogP contribution < -0.4 is 5.73 Å². The maximum absolute atomic E-state index is 12.8. The van der Waals surface area contributed by atoms with Gasteiger partial charge in [0.2, 0.25) is 0 Å². The van der Waals surface area contributed by atoms with Gasteiger partial charge >= 0.3 is 6.18 Å². The predicted octanol–water partition coefficient (Wildman–Crippen LogP) is 1.83. The summed E-state index contributed by atoms with van der Waals surface area (Å²) < 4.78 is 40.1. The first-order valence-corrected chi connectivity index (χ1v) is 6.64. The summed E-state index contributed by atoms with van der Waals surface area (Å²) in [6.07, 6.45) is -0.247. The standard InChI is InChI=1S/C12H17F3N4/c13-12(14,15)8-2-3-9-17-18-10(19(9)7-8)6-11(16)4-1-5-11/h8H,1-7,16H2. The first-order valence-electron chi connectivity index (χ1n) is 6.64. The van der Waals surface area contributed by atoms with E-state index in [1.54, 1.807) is 4.57 Å². The van der Waals surface area contributed by atoms with Crippen LogP contribution in [0.25, 0.3) is 0 Å². The fraction of sp³-hybridized carbons (Fsp3) is 0.833. The fourth-order valence-corrected chi connectivity index (χ4v) is 2.90. The van der Waals surface area contributed by atoms with Crippen LogP contribution in [0.1, 0.15) is 37.3 Å². The number of fused-ring (bicyclic) bond motifs is 1. The Hall–Kier alpha value is -1.11. The summed E-state index contributed by atoms with van der Waals surface area (Å²) in [4.78, 5) is 0. The molecule has 1 aliphatic carbocycles. The van der Waals surface area contributed by atoms with E-state index in [1.165, 1.54) is 0 Å². The number of rotatable bonds is 2. The highest BCUT2D eigenvalue weighted by Gasteiger charge is 2.43. The van der Waals surface area contributed by atoms with Gasteiger partial charge in [-0.3, -0.25) is 0 Å². The molecular weight excluding hydrogens is 257 g/mol. The summed E-state index contributed by atoms with van der Waals surface area (Å²) in [5.41, 5.74) is 5.86. The number of nitrogens with two attached hydrogens (primary N) is 1. The molecule has 0 aromatic carbocycles. The van der Waals surface area contributed by atoms with Gasteiger partial charge in [-0.15, -0.1) is 10.2 Å². The van der Waals surface area contributed by atoms with Crippen molar-refractivity contribution in [1.82, 2.24) is 14.8 Å². The molecule has 3 rings (SSSR count). The maximum Gasteiger partial charge on any atom is 0.393 e. The molecule has 0 bridgehead atoms. The summed E-state index contributed by atoms with van der Waals surface area (Å²) >= 11 is 0. The summed E-state index contributed by atoms with van der Waals surface area (Å²) in [7, 11) is 0. The van der Waals surface area contributed by atoms with Gasteiger partial charge in [0.1, 0.15) is 11.6 Å². The minimum absolute atomic E-state index is 0.0583. The van der Waals surface area contributed by atoms with Crippen LogP contribution in [0, 0.1) is 5.92 Å². The van der Waals surface area contributed by atoms with Crippen molar-refractivity contribution >= 4 is 0 Å². The zero-order chi connectivity index (χ0) is 13.7. The molecule has 2 N–H and O–H groups in total. The molecule has 1 fully saturated rings. The molecule has 1 saturated carbocycles. The quantitative estimate of drug-likeness (QED) is 0.895. The van der Waals surface area contributed by atoms with Crippen LogP contribution in [0.15, 0.2) is 0 Å². The third-order valence-electron chi connectivity index (χ3n) is 4.35. The van der Waals surface area contributed by atoms with E-state index in [4.69, 9.17) is 5.73 Å². The van der Waals surface area contributed by atoms with Crippen LogP contribution in [0.2, 0.25) is 0 Å². The smallest absolute Gasteiger partial charge is 0.325 e. The number of aryl methyl sites for hydroxylation is 1. The zero-order valence-electron chi connectivity index (χ0n) is 10.6. The Labute approximate surface area is 109 Å². The lowest BCUT2D eigenvalue weighted by Crippen LogP contribution is -2.49. The minimum Gasteiger partial charge on any atom is -0.325 e. The van der Waals surface area contributed by atoms with E-state index in [1.807, 2.05) is 0 Å². The molecule has 0 amide bonds. The van der Waals surface area contributed by atoms with Gasteiger partial charge in [0.25, 0.3) is 0 Å². The Bertz CT molecular complexity index is 476. The SMILES string of the molecule is NC1(Cc2nnc3n2CC(C(F)(F)F)CC3)CCC1. The lowest BCUT2D eigenvalue weighted by Gasteiger charge is -2.38. The Morgan fingerprint density at radius 2 is 2.05 bits per heavy atom. The molecule has 1 unspecified atom stereocenters. The van der Waals surface area contributed by atoms with Gasteiger partial charge in [-0.2, -0.15) is 13.2 Å². The van der Waals surface area contributed by atoms with Gasteiger partial charge in [0.15, 0.2) is 0 Å². The molecule has 4 nitrogen and oxygen atoms in total. The average molecular weight is 274 g/mol. The van der Waals surface area contributed by atoms with E-state index in [9.17, 15) is 13.2 Å². The molecule has 1 aromatic rings. The largest absolute Gasteiger partial charge is 0.393 e. The van der Waals surface area contributed by atoms with E-state index < -0.39 is 12.1 Å². The maximum atomic E-state index is 12.8. The third kappa shape index (κ3) is 2.35. The van der Waals surface area contributed by atoms with Crippen molar-refractivity contribution in [2.75, 3.05) is 0 Å². The topological polar surface area (TPSA) is 56.7 Å². The van der Waals surface area contributed by atoms with Crippen LogP contribution >= 0.6 is 0 Å². The first-order chi connectivity index (χ1) is 8.87. The monoisotopic (exact) mass is 274 g/mol. The van der Waals surface area contributed by atoms with Crippen LogP contribution in [-0.4, -0.2) is 26.5 Å². The second kappa shape index (κ2) is 4.19. The number of hydrogen-bond acceptors (Lipinski definition) is 3. The number of hydrogen-bond donors (Lipinski definition) is 1. The highest BCUT2D eigenvalue weighted by atomic mass is 19.4. The molecule has 7 heteroatoms. The van der Waals surface area contributed by atoms with Crippen molar-refractivity contribution in [3.8, 4) is 0 Å².